The topological polar surface area (TPSA) is 84.8 Å². The number of cyclic esters (lactones) is 1. The average Bonchev–Trinajstić information content (AvgIpc) is 3.17. The summed E-state index contributed by atoms with van der Waals surface area (Å²) in [6, 6.07) is 8.90. The molecule has 0 saturated carbocycles. The van der Waals surface area contributed by atoms with E-state index in [1.165, 1.54) is 21.3 Å². The third-order valence-electron chi connectivity index (χ3n) is 4.81. The molecule has 0 aliphatic carbocycles. The molecule has 8 nitrogen and oxygen atoms in total. The fraction of sp³-hybridized carbons (Fsp3) is 0.217. The maximum Gasteiger partial charge on any atom is 0.363 e. The van der Waals surface area contributed by atoms with Crippen LogP contribution in [0.3, 0.4) is 0 Å². The molecule has 0 bridgehead atoms. The lowest BCUT2D eigenvalue weighted by molar-refractivity contribution is -0.130. The van der Waals surface area contributed by atoms with Crippen molar-refractivity contribution in [2.75, 3.05) is 35.0 Å². The first kappa shape index (κ1) is 20.3. The Hall–Kier alpha value is -3.94. The number of methoxy groups -OCH3 is 4. The SMILES string of the molecule is COc1ccc2c(c1)OCC(/C=C1/N=C(c3cc(OC)c(OC)c(OC)c3)OC1=O)=C2. The Kier molecular flexibility index (Phi) is 5.53. The molecule has 0 N–H and O–H groups in total. The van der Waals surface area contributed by atoms with Gasteiger partial charge < -0.3 is 28.4 Å². The second-order valence-electron chi connectivity index (χ2n) is 6.66. The van der Waals surface area contributed by atoms with Crippen molar-refractivity contribution in [2.45, 2.75) is 0 Å². The number of nitrogens with zero attached hydrogens (tertiary/aromatic N) is 1. The summed E-state index contributed by atoms with van der Waals surface area (Å²) >= 11 is 0. The monoisotopic (exact) mass is 423 g/mol. The van der Waals surface area contributed by atoms with Crippen molar-refractivity contribution in [3.05, 3.63) is 58.8 Å². The smallest absolute Gasteiger partial charge is 0.363 e. The van der Waals surface area contributed by atoms with Gasteiger partial charge in [-0.2, -0.15) is 0 Å². The van der Waals surface area contributed by atoms with Gasteiger partial charge in [-0.05, 0) is 42.0 Å². The second kappa shape index (κ2) is 8.43. The molecule has 0 aromatic heterocycles. The molecule has 0 fully saturated rings. The van der Waals surface area contributed by atoms with E-state index in [0.717, 1.165) is 16.9 Å². The molecule has 2 aromatic rings. The first-order valence-corrected chi connectivity index (χ1v) is 9.40. The van der Waals surface area contributed by atoms with E-state index in [-0.39, 0.29) is 11.6 Å². The van der Waals surface area contributed by atoms with Gasteiger partial charge in [0.05, 0.1) is 28.4 Å². The Labute approximate surface area is 179 Å². The van der Waals surface area contributed by atoms with E-state index in [1.807, 2.05) is 24.3 Å². The highest BCUT2D eigenvalue weighted by Gasteiger charge is 2.27. The van der Waals surface area contributed by atoms with Crippen LogP contribution in [0.25, 0.3) is 6.08 Å². The molecule has 31 heavy (non-hydrogen) atoms. The number of rotatable bonds is 6. The molecule has 4 rings (SSSR count). The second-order valence-corrected chi connectivity index (χ2v) is 6.66. The quantitative estimate of drug-likeness (QED) is 0.520. The molecule has 2 aromatic carbocycles. The number of carbonyl (C=O) groups excluding carboxylic acids is 1. The van der Waals surface area contributed by atoms with Crippen LogP contribution in [0.1, 0.15) is 11.1 Å². The van der Waals surface area contributed by atoms with Crippen LogP contribution in [0, 0.1) is 0 Å². The van der Waals surface area contributed by atoms with Crippen LogP contribution in [0.4, 0.5) is 0 Å². The minimum atomic E-state index is -0.551. The van der Waals surface area contributed by atoms with Gasteiger partial charge in [0.2, 0.25) is 11.6 Å². The summed E-state index contributed by atoms with van der Waals surface area (Å²) in [5.74, 6) is 2.34. The van der Waals surface area contributed by atoms with Gasteiger partial charge in [-0.1, -0.05) is 0 Å². The number of ether oxygens (including phenoxy) is 6. The number of fused-ring (bicyclic) bond motifs is 1. The molecule has 0 unspecified atom stereocenters. The van der Waals surface area contributed by atoms with Gasteiger partial charge in [0.25, 0.3) is 0 Å². The molecule has 160 valence electrons. The summed E-state index contributed by atoms with van der Waals surface area (Å²) in [6.45, 7) is 0.298. The standard InChI is InChI=1S/C23H21NO7/c1-26-16-6-5-14-7-13(12-30-18(14)11-16)8-17-23(25)31-22(24-17)15-9-19(27-2)21(29-4)20(10-15)28-3/h5-11H,12H2,1-4H3/b17-8+. The van der Waals surface area contributed by atoms with E-state index in [9.17, 15) is 4.79 Å². The summed E-state index contributed by atoms with van der Waals surface area (Å²) < 4.78 is 32.4. The molecule has 0 spiro atoms. The van der Waals surface area contributed by atoms with Gasteiger partial charge in [-0.15, -0.1) is 0 Å². The summed E-state index contributed by atoms with van der Waals surface area (Å²) in [4.78, 5) is 16.8. The highest BCUT2D eigenvalue weighted by atomic mass is 16.6. The molecular formula is C23H21NO7. The molecule has 0 radical (unpaired) electrons. The van der Waals surface area contributed by atoms with Gasteiger partial charge in [-0.3, -0.25) is 0 Å². The van der Waals surface area contributed by atoms with Gasteiger partial charge in [-0.25, -0.2) is 9.79 Å². The Morgan fingerprint density at radius 2 is 1.71 bits per heavy atom. The lowest BCUT2D eigenvalue weighted by Crippen LogP contribution is -2.08. The largest absolute Gasteiger partial charge is 0.497 e. The number of benzene rings is 2. The maximum absolute atomic E-state index is 12.4. The van der Waals surface area contributed by atoms with Crippen molar-refractivity contribution in [3.8, 4) is 28.7 Å². The minimum absolute atomic E-state index is 0.151. The predicted molar refractivity (Wildman–Crippen MR) is 113 cm³/mol. The summed E-state index contributed by atoms with van der Waals surface area (Å²) in [6.07, 6.45) is 3.59. The molecule has 8 heteroatoms. The zero-order chi connectivity index (χ0) is 22.0. The van der Waals surface area contributed by atoms with Crippen LogP contribution in [-0.2, 0) is 9.53 Å². The van der Waals surface area contributed by atoms with Gasteiger partial charge in [0.15, 0.2) is 17.2 Å². The maximum atomic E-state index is 12.4. The van der Waals surface area contributed by atoms with Gasteiger partial charge >= 0.3 is 5.97 Å². The molecule has 0 saturated heterocycles. The number of aliphatic imine (C=N–C) groups is 1. The van der Waals surface area contributed by atoms with Crippen LogP contribution in [-0.4, -0.2) is 46.9 Å². The Morgan fingerprint density at radius 3 is 2.35 bits per heavy atom. The van der Waals surface area contributed by atoms with Crippen molar-refractivity contribution in [3.63, 3.8) is 0 Å². The third kappa shape index (κ3) is 3.92. The highest BCUT2D eigenvalue weighted by Crippen LogP contribution is 2.39. The van der Waals surface area contributed by atoms with Crippen LogP contribution < -0.4 is 23.7 Å². The molecule has 0 atom stereocenters. The van der Waals surface area contributed by atoms with Gasteiger partial charge in [0, 0.05) is 17.2 Å². The summed E-state index contributed by atoms with van der Waals surface area (Å²) in [7, 11) is 6.14. The van der Waals surface area contributed by atoms with Crippen molar-refractivity contribution in [2.24, 2.45) is 4.99 Å². The van der Waals surface area contributed by atoms with E-state index >= 15 is 0 Å². The predicted octanol–water partition coefficient (Wildman–Crippen LogP) is 3.38. The zero-order valence-electron chi connectivity index (χ0n) is 17.6. The van der Waals surface area contributed by atoms with E-state index in [1.54, 1.807) is 25.3 Å². The summed E-state index contributed by atoms with van der Waals surface area (Å²) in [5.41, 5.74) is 2.38. The number of hydrogen-bond acceptors (Lipinski definition) is 8. The van der Waals surface area contributed by atoms with Crippen LogP contribution in [0.15, 0.2) is 52.7 Å². The molecule has 0 amide bonds. The third-order valence-corrected chi connectivity index (χ3v) is 4.81. The molecule has 2 heterocycles. The van der Waals surface area contributed by atoms with Gasteiger partial charge in [0.1, 0.15) is 18.1 Å². The Morgan fingerprint density at radius 1 is 0.968 bits per heavy atom. The van der Waals surface area contributed by atoms with Crippen LogP contribution >= 0.6 is 0 Å². The lowest BCUT2D eigenvalue weighted by atomic mass is 10.1. The summed E-state index contributed by atoms with van der Waals surface area (Å²) in [5, 5.41) is 0. The van der Waals surface area contributed by atoms with E-state index in [2.05, 4.69) is 4.99 Å². The first-order chi connectivity index (χ1) is 15.1. The fourth-order valence-electron chi connectivity index (χ4n) is 3.28. The van der Waals surface area contributed by atoms with Crippen molar-refractivity contribution in [1.29, 1.82) is 0 Å². The van der Waals surface area contributed by atoms with Crippen molar-refractivity contribution in [1.82, 2.24) is 0 Å². The number of esters is 1. The Balaban J connectivity index is 1.66. The van der Waals surface area contributed by atoms with E-state index in [4.69, 9.17) is 28.4 Å². The van der Waals surface area contributed by atoms with Crippen LogP contribution in [0.5, 0.6) is 28.7 Å². The zero-order valence-corrected chi connectivity index (χ0v) is 17.6. The molecular weight excluding hydrogens is 402 g/mol. The lowest BCUT2D eigenvalue weighted by Gasteiger charge is -2.16. The highest BCUT2D eigenvalue weighted by molar-refractivity contribution is 6.11. The van der Waals surface area contributed by atoms with Crippen LogP contribution in [0.2, 0.25) is 0 Å². The van der Waals surface area contributed by atoms with E-state index in [0.29, 0.717) is 35.2 Å². The number of carbonyl (C=O) groups is 1. The molecule has 2 aliphatic heterocycles. The molecule has 2 aliphatic rings. The van der Waals surface area contributed by atoms with E-state index < -0.39 is 5.97 Å². The minimum Gasteiger partial charge on any atom is -0.497 e. The number of hydrogen-bond donors (Lipinski definition) is 0. The average molecular weight is 423 g/mol. The first-order valence-electron chi connectivity index (χ1n) is 9.40. The Bertz CT molecular complexity index is 1110. The van der Waals surface area contributed by atoms with Crippen molar-refractivity contribution >= 4 is 17.9 Å². The van der Waals surface area contributed by atoms with Crippen molar-refractivity contribution < 1.29 is 33.2 Å². The fourth-order valence-corrected chi connectivity index (χ4v) is 3.28. The normalized spacial score (nSPS) is 16.0.